The number of rotatable bonds is 9. The number of anilines is 1. The number of nitrogens with zero attached hydrogens (tertiary/aromatic N) is 3. The van der Waals surface area contributed by atoms with Gasteiger partial charge in [0.25, 0.3) is 0 Å². The van der Waals surface area contributed by atoms with E-state index in [1.54, 1.807) is 6.07 Å². The molecule has 2 heterocycles. The zero-order valence-corrected chi connectivity index (χ0v) is 20.7. The minimum Gasteiger partial charge on any atom is -0.491 e. The van der Waals surface area contributed by atoms with Crippen molar-refractivity contribution in [2.24, 2.45) is 0 Å². The van der Waals surface area contributed by atoms with Gasteiger partial charge in [-0.1, -0.05) is 0 Å². The summed E-state index contributed by atoms with van der Waals surface area (Å²) in [6, 6.07) is 7.98. The third-order valence-corrected chi connectivity index (χ3v) is 5.12. The molecule has 0 saturated carbocycles. The predicted molar refractivity (Wildman–Crippen MR) is 128 cm³/mol. The van der Waals surface area contributed by atoms with Gasteiger partial charge < -0.3 is 19.5 Å². The van der Waals surface area contributed by atoms with Gasteiger partial charge >= 0.3 is 5.97 Å². The fraction of sp³-hybridized carbons (Fsp3) is 0.542. The van der Waals surface area contributed by atoms with E-state index in [4.69, 9.17) is 25.8 Å². The van der Waals surface area contributed by atoms with E-state index in [2.05, 4.69) is 32.3 Å². The lowest BCUT2D eigenvalue weighted by molar-refractivity contribution is -0.132. The summed E-state index contributed by atoms with van der Waals surface area (Å²) < 4.78 is 16.9. The first kappa shape index (κ1) is 25.1. The SMILES string of the molecule is CC(=O)Oc1cc(NC2CCN(Cc3cc(OC(C)C)cc(OC(C)C)c3)CC2)nc(Cl)n1. The van der Waals surface area contributed by atoms with Crippen molar-refractivity contribution >= 4 is 23.4 Å². The second-order valence-electron chi connectivity index (χ2n) is 8.79. The summed E-state index contributed by atoms with van der Waals surface area (Å²) in [5.41, 5.74) is 1.17. The van der Waals surface area contributed by atoms with Crippen molar-refractivity contribution in [3.8, 4) is 17.4 Å². The monoisotopic (exact) mass is 476 g/mol. The summed E-state index contributed by atoms with van der Waals surface area (Å²) in [6.07, 6.45) is 2.10. The Kier molecular flexibility index (Phi) is 8.74. The molecule has 0 unspecified atom stereocenters. The number of hydrogen-bond acceptors (Lipinski definition) is 8. The van der Waals surface area contributed by atoms with Gasteiger partial charge in [0, 0.05) is 44.7 Å². The highest BCUT2D eigenvalue weighted by atomic mass is 35.5. The summed E-state index contributed by atoms with van der Waals surface area (Å²) in [5, 5.41) is 3.43. The van der Waals surface area contributed by atoms with Crippen LogP contribution < -0.4 is 19.5 Å². The van der Waals surface area contributed by atoms with Crippen LogP contribution in [0, 0.1) is 0 Å². The molecule has 3 rings (SSSR count). The van der Waals surface area contributed by atoms with E-state index in [1.165, 1.54) is 12.5 Å². The van der Waals surface area contributed by atoms with Crippen molar-refractivity contribution in [2.45, 2.75) is 72.3 Å². The molecule has 2 aromatic rings. The third kappa shape index (κ3) is 8.37. The summed E-state index contributed by atoms with van der Waals surface area (Å²) >= 11 is 5.97. The largest absolute Gasteiger partial charge is 0.491 e. The zero-order chi connectivity index (χ0) is 24.0. The van der Waals surface area contributed by atoms with Crippen LogP contribution in [0.4, 0.5) is 5.82 Å². The number of aromatic nitrogens is 2. The number of likely N-dealkylation sites (tertiary alicyclic amines) is 1. The smallest absolute Gasteiger partial charge is 0.309 e. The zero-order valence-electron chi connectivity index (χ0n) is 19.9. The Labute approximate surface area is 200 Å². The highest BCUT2D eigenvalue weighted by Gasteiger charge is 2.21. The minimum absolute atomic E-state index is 0.0385. The first-order valence-electron chi connectivity index (χ1n) is 11.4. The first-order valence-corrected chi connectivity index (χ1v) is 11.7. The van der Waals surface area contributed by atoms with Crippen LogP contribution in [0.15, 0.2) is 24.3 Å². The Morgan fingerprint density at radius 3 is 2.21 bits per heavy atom. The van der Waals surface area contributed by atoms with Crippen LogP contribution >= 0.6 is 11.6 Å². The second-order valence-corrected chi connectivity index (χ2v) is 9.13. The lowest BCUT2D eigenvalue weighted by Gasteiger charge is -2.32. The summed E-state index contributed by atoms with van der Waals surface area (Å²) in [4.78, 5) is 21.7. The number of halogens is 1. The number of esters is 1. The molecule has 33 heavy (non-hydrogen) atoms. The van der Waals surface area contributed by atoms with Gasteiger partial charge in [0.1, 0.15) is 17.3 Å². The van der Waals surface area contributed by atoms with Crippen LogP contribution in [0.3, 0.4) is 0 Å². The highest BCUT2D eigenvalue weighted by molar-refractivity contribution is 6.28. The Bertz CT molecular complexity index is 918. The summed E-state index contributed by atoms with van der Waals surface area (Å²) in [5.74, 6) is 1.91. The molecule has 8 nitrogen and oxygen atoms in total. The number of carbonyl (C=O) groups excluding carboxylic acids is 1. The van der Waals surface area contributed by atoms with Gasteiger partial charge in [0.2, 0.25) is 11.2 Å². The molecule has 1 aliphatic rings. The Balaban J connectivity index is 1.59. The first-order chi connectivity index (χ1) is 15.7. The predicted octanol–water partition coefficient (Wildman–Crippen LogP) is 4.71. The van der Waals surface area contributed by atoms with Crippen LogP contribution in [0.25, 0.3) is 0 Å². The average molecular weight is 477 g/mol. The topological polar surface area (TPSA) is 85.8 Å². The number of ether oxygens (including phenoxy) is 3. The molecule has 1 fully saturated rings. The van der Waals surface area contributed by atoms with E-state index >= 15 is 0 Å². The summed E-state index contributed by atoms with van der Waals surface area (Å²) in [6.45, 7) is 12.1. The number of nitrogens with one attached hydrogen (secondary N) is 1. The van der Waals surface area contributed by atoms with E-state index in [1.807, 2.05) is 33.8 Å². The van der Waals surface area contributed by atoms with Crippen molar-refractivity contribution in [3.63, 3.8) is 0 Å². The quantitative estimate of drug-likeness (QED) is 0.411. The van der Waals surface area contributed by atoms with Crippen molar-refractivity contribution in [1.29, 1.82) is 0 Å². The molecular weight excluding hydrogens is 444 g/mol. The molecule has 0 spiro atoms. The van der Waals surface area contributed by atoms with E-state index < -0.39 is 5.97 Å². The van der Waals surface area contributed by atoms with E-state index in [-0.39, 0.29) is 29.4 Å². The van der Waals surface area contributed by atoms with Gasteiger partial charge in [-0.3, -0.25) is 9.69 Å². The average Bonchev–Trinajstić information content (AvgIpc) is 2.67. The molecule has 1 aromatic carbocycles. The molecule has 0 amide bonds. The molecule has 9 heteroatoms. The van der Waals surface area contributed by atoms with Crippen LogP contribution in [0.2, 0.25) is 5.28 Å². The molecular formula is C24H33ClN4O4. The highest BCUT2D eigenvalue weighted by Crippen LogP contribution is 2.27. The lowest BCUT2D eigenvalue weighted by atomic mass is 10.0. The van der Waals surface area contributed by atoms with Crippen LogP contribution in [-0.2, 0) is 11.3 Å². The number of hydrogen-bond donors (Lipinski definition) is 1. The van der Waals surface area contributed by atoms with Gasteiger partial charge in [-0.05, 0) is 69.8 Å². The van der Waals surface area contributed by atoms with E-state index in [0.29, 0.717) is 5.82 Å². The molecule has 0 aliphatic carbocycles. The maximum Gasteiger partial charge on any atom is 0.309 e. The molecule has 1 N–H and O–H groups in total. The van der Waals surface area contributed by atoms with Crippen molar-refractivity contribution in [1.82, 2.24) is 14.9 Å². The Morgan fingerprint density at radius 2 is 1.67 bits per heavy atom. The second kappa shape index (κ2) is 11.5. The molecule has 0 atom stereocenters. The van der Waals surface area contributed by atoms with E-state index in [9.17, 15) is 4.79 Å². The van der Waals surface area contributed by atoms with Crippen LogP contribution in [0.5, 0.6) is 17.4 Å². The van der Waals surface area contributed by atoms with Crippen molar-refractivity contribution in [2.75, 3.05) is 18.4 Å². The van der Waals surface area contributed by atoms with Crippen LogP contribution in [-0.4, -0.2) is 52.2 Å². The Morgan fingerprint density at radius 1 is 1.06 bits per heavy atom. The fourth-order valence-corrected chi connectivity index (χ4v) is 3.95. The van der Waals surface area contributed by atoms with Crippen molar-refractivity contribution < 1.29 is 19.0 Å². The maximum absolute atomic E-state index is 11.2. The molecule has 1 aromatic heterocycles. The standard InChI is InChI=1S/C24H33ClN4O4/c1-15(2)31-20-10-18(11-21(12-20)32-16(3)4)14-29-8-6-19(7-9-29)26-22-13-23(33-17(5)30)28-24(25)27-22/h10-13,15-16,19H,6-9,14H2,1-5H3,(H,26,27,28). The number of piperidine rings is 1. The third-order valence-electron chi connectivity index (χ3n) is 4.95. The Hall–Kier alpha value is -2.58. The minimum atomic E-state index is -0.450. The summed E-state index contributed by atoms with van der Waals surface area (Å²) in [7, 11) is 0. The van der Waals surface area contributed by atoms with Gasteiger partial charge in [-0.2, -0.15) is 4.98 Å². The van der Waals surface area contributed by atoms with Crippen LogP contribution in [0.1, 0.15) is 53.0 Å². The molecule has 1 aliphatic heterocycles. The fourth-order valence-electron chi connectivity index (χ4n) is 3.78. The van der Waals surface area contributed by atoms with E-state index in [0.717, 1.165) is 44.0 Å². The lowest BCUT2D eigenvalue weighted by Crippen LogP contribution is -2.38. The van der Waals surface area contributed by atoms with Gasteiger partial charge in [-0.25, -0.2) is 4.98 Å². The maximum atomic E-state index is 11.2. The van der Waals surface area contributed by atoms with Gasteiger partial charge in [0.15, 0.2) is 0 Å². The molecule has 0 radical (unpaired) electrons. The normalized spacial score (nSPS) is 15.0. The van der Waals surface area contributed by atoms with Gasteiger partial charge in [-0.15, -0.1) is 0 Å². The number of benzene rings is 1. The molecule has 180 valence electrons. The van der Waals surface area contributed by atoms with Gasteiger partial charge in [0.05, 0.1) is 12.2 Å². The molecule has 0 bridgehead atoms. The molecule has 1 saturated heterocycles. The number of carbonyl (C=O) groups is 1. The van der Waals surface area contributed by atoms with Crippen molar-refractivity contribution in [3.05, 3.63) is 35.1 Å².